The molecule has 2 aliphatic rings. The van der Waals surface area contributed by atoms with Crippen LogP contribution in [0.15, 0.2) is 53.4 Å². The van der Waals surface area contributed by atoms with Gasteiger partial charge >= 0.3 is 5.97 Å². The number of carboxylic acids is 1. The Morgan fingerprint density at radius 3 is 2.66 bits per heavy atom. The third kappa shape index (κ3) is 5.94. The van der Waals surface area contributed by atoms with Gasteiger partial charge in [-0.05, 0) is 36.1 Å². The van der Waals surface area contributed by atoms with Crippen molar-refractivity contribution in [3.8, 4) is 5.75 Å². The molecule has 2 aromatic carbocycles. The molecule has 190 valence electrons. The Morgan fingerprint density at radius 1 is 1.20 bits per heavy atom. The zero-order valence-electron chi connectivity index (χ0n) is 20.3. The molecule has 1 saturated heterocycles. The molecule has 6 atom stereocenters. The van der Waals surface area contributed by atoms with E-state index in [-0.39, 0.29) is 24.4 Å². The highest BCUT2D eigenvalue weighted by Crippen LogP contribution is 2.38. The number of benzene rings is 2. The van der Waals surface area contributed by atoms with Gasteiger partial charge in [0.2, 0.25) is 6.29 Å². The van der Waals surface area contributed by atoms with Gasteiger partial charge in [-0.2, -0.15) is 0 Å². The number of nitrogens with one attached hydrogen (secondary N) is 1. The van der Waals surface area contributed by atoms with Crippen LogP contribution < -0.4 is 10.1 Å². The molecule has 5 unspecified atom stereocenters. The van der Waals surface area contributed by atoms with Gasteiger partial charge in [0.25, 0.3) is 0 Å². The summed E-state index contributed by atoms with van der Waals surface area (Å²) in [5, 5.41) is 23.3. The van der Waals surface area contributed by atoms with Crippen molar-refractivity contribution in [2.45, 2.75) is 87.3 Å². The summed E-state index contributed by atoms with van der Waals surface area (Å²) in [7, 11) is -1.26. The number of rotatable bonds is 8. The summed E-state index contributed by atoms with van der Waals surface area (Å²) in [6.07, 6.45) is 1.31. The molecule has 0 amide bonds. The van der Waals surface area contributed by atoms with Crippen LogP contribution in [0.2, 0.25) is 0 Å². The normalized spacial score (nSPS) is 30.8. The zero-order chi connectivity index (χ0) is 25.0. The number of fused-ring (bicyclic) bond motifs is 1. The monoisotopic (exact) mass is 501 g/mol. The molecular formula is C27H35NO6S. The lowest BCUT2D eigenvalue weighted by atomic mass is 9.88. The minimum absolute atomic E-state index is 0.0324. The van der Waals surface area contributed by atoms with E-state index in [1.807, 2.05) is 24.3 Å². The van der Waals surface area contributed by atoms with Gasteiger partial charge in [-0.15, -0.1) is 0 Å². The SMILES string of the molecule is CCCCC1(CC)CS(=O)c2cc(OC3CC(O)CC(C(=O)O)O3)ccc2[C@@H](c2ccccc2)N1. The molecule has 8 heteroatoms. The molecule has 3 N–H and O–H groups in total. The highest BCUT2D eigenvalue weighted by molar-refractivity contribution is 7.85. The van der Waals surface area contributed by atoms with E-state index < -0.39 is 35.3 Å². The molecule has 7 nitrogen and oxygen atoms in total. The topological polar surface area (TPSA) is 105 Å². The molecule has 0 bridgehead atoms. The number of carboxylic acid groups (broad SMARTS) is 1. The van der Waals surface area contributed by atoms with Crippen molar-refractivity contribution in [3.63, 3.8) is 0 Å². The second-order valence-corrected chi connectivity index (χ2v) is 11.0. The first-order valence-electron chi connectivity index (χ1n) is 12.4. The van der Waals surface area contributed by atoms with Crippen LogP contribution in [0.1, 0.15) is 69.5 Å². The van der Waals surface area contributed by atoms with Crippen molar-refractivity contribution in [1.82, 2.24) is 5.32 Å². The highest BCUT2D eigenvalue weighted by atomic mass is 32.2. The summed E-state index contributed by atoms with van der Waals surface area (Å²) < 4.78 is 25.2. The van der Waals surface area contributed by atoms with E-state index in [0.717, 1.165) is 36.8 Å². The number of ether oxygens (including phenoxy) is 2. The van der Waals surface area contributed by atoms with Gasteiger partial charge in [-0.3, -0.25) is 9.53 Å². The van der Waals surface area contributed by atoms with Crippen LogP contribution in [0.5, 0.6) is 5.75 Å². The molecule has 0 saturated carbocycles. The minimum Gasteiger partial charge on any atom is -0.479 e. The second-order valence-electron chi connectivity index (χ2n) is 9.55. The van der Waals surface area contributed by atoms with Crippen LogP contribution in [-0.2, 0) is 20.3 Å². The number of aliphatic hydroxyl groups excluding tert-OH is 1. The number of aliphatic carboxylic acids is 1. The van der Waals surface area contributed by atoms with Crippen molar-refractivity contribution in [2.75, 3.05) is 5.75 Å². The van der Waals surface area contributed by atoms with E-state index in [1.54, 1.807) is 12.1 Å². The number of unbranched alkanes of at least 4 members (excludes halogenated alkanes) is 1. The summed E-state index contributed by atoms with van der Waals surface area (Å²) in [6, 6.07) is 15.6. The molecule has 35 heavy (non-hydrogen) atoms. The maximum atomic E-state index is 13.7. The van der Waals surface area contributed by atoms with E-state index in [4.69, 9.17) is 9.47 Å². The van der Waals surface area contributed by atoms with E-state index in [2.05, 4.69) is 31.3 Å². The fourth-order valence-corrected chi connectivity index (χ4v) is 6.76. The molecule has 0 aliphatic carbocycles. The van der Waals surface area contributed by atoms with Crippen molar-refractivity contribution >= 4 is 16.8 Å². The Kier molecular flexibility index (Phi) is 8.27. The summed E-state index contributed by atoms with van der Waals surface area (Å²) in [4.78, 5) is 12.1. The standard InChI is InChI=1S/C27H35NO6S/c1-3-5-13-27(4-2)17-35(32)23-16-20(33-24-15-19(29)14-22(34-24)26(30)31)11-12-21(23)25(28-27)18-9-7-6-8-10-18/h6-12,16,19,22,24-25,28-29H,3-5,13-15,17H2,1-2H3,(H,30,31)/t19?,22?,24?,25-,27?,35?/m1/s1. The molecule has 2 heterocycles. The smallest absolute Gasteiger partial charge is 0.333 e. The van der Waals surface area contributed by atoms with Crippen LogP contribution in [0.25, 0.3) is 0 Å². The summed E-state index contributed by atoms with van der Waals surface area (Å²) in [5.74, 6) is -0.173. The first-order valence-corrected chi connectivity index (χ1v) is 13.7. The Bertz CT molecular complexity index is 1050. The van der Waals surface area contributed by atoms with E-state index in [1.165, 1.54) is 0 Å². The summed E-state index contributed by atoms with van der Waals surface area (Å²) in [6.45, 7) is 4.32. The number of aliphatic hydroxyl groups is 1. The maximum absolute atomic E-state index is 13.7. The lowest BCUT2D eigenvalue weighted by Gasteiger charge is -2.36. The summed E-state index contributed by atoms with van der Waals surface area (Å²) in [5.41, 5.74) is 1.80. The van der Waals surface area contributed by atoms with Crippen molar-refractivity contribution in [3.05, 3.63) is 59.7 Å². The first kappa shape index (κ1) is 25.8. The first-order chi connectivity index (χ1) is 16.8. The number of hydrogen-bond donors (Lipinski definition) is 3. The average molecular weight is 502 g/mol. The number of carbonyl (C=O) groups is 1. The molecule has 1 fully saturated rings. The molecule has 0 radical (unpaired) electrons. The average Bonchev–Trinajstić information content (AvgIpc) is 2.97. The van der Waals surface area contributed by atoms with Crippen molar-refractivity contribution in [2.24, 2.45) is 0 Å². The van der Waals surface area contributed by atoms with E-state index in [0.29, 0.717) is 16.4 Å². The fourth-order valence-electron chi connectivity index (χ4n) is 4.97. The Labute approximate surface area is 209 Å². The quantitative estimate of drug-likeness (QED) is 0.499. The van der Waals surface area contributed by atoms with Crippen LogP contribution in [0, 0.1) is 0 Å². The highest BCUT2D eigenvalue weighted by Gasteiger charge is 2.39. The van der Waals surface area contributed by atoms with Crippen LogP contribution >= 0.6 is 0 Å². The molecular weight excluding hydrogens is 466 g/mol. The van der Waals surface area contributed by atoms with Gasteiger partial charge in [0.05, 0.1) is 22.9 Å². The molecule has 2 aromatic rings. The van der Waals surface area contributed by atoms with Crippen molar-refractivity contribution in [1.29, 1.82) is 0 Å². The van der Waals surface area contributed by atoms with Gasteiger partial charge in [-0.1, -0.05) is 63.1 Å². The fraction of sp³-hybridized carbons (Fsp3) is 0.519. The third-order valence-corrected chi connectivity index (χ3v) is 8.69. The van der Waals surface area contributed by atoms with Gasteiger partial charge < -0.3 is 19.7 Å². The lowest BCUT2D eigenvalue weighted by Crippen LogP contribution is -2.49. The van der Waals surface area contributed by atoms with Crippen LogP contribution in [0.3, 0.4) is 0 Å². The lowest BCUT2D eigenvalue weighted by molar-refractivity contribution is -0.195. The van der Waals surface area contributed by atoms with Gasteiger partial charge in [0.15, 0.2) is 6.10 Å². The van der Waals surface area contributed by atoms with E-state index in [9.17, 15) is 19.2 Å². The van der Waals surface area contributed by atoms with Gasteiger partial charge in [-0.25, -0.2) is 4.79 Å². The number of hydrogen-bond acceptors (Lipinski definition) is 6. The Hall–Kier alpha value is -2.26. The van der Waals surface area contributed by atoms with Gasteiger partial charge in [0, 0.05) is 29.0 Å². The predicted octanol–water partition coefficient (Wildman–Crippen LogP) is 4.16. The summed E-state index contributed by atoms with van der Waals surface area (Å²) >= 11 is 0. The second kappa shape index (κ2) is 11.2. The van der Waals surface area contributed by atoms with E-state index >= 15 is 0 Å². The Balaban J connectivity index is 1.67. The zero-order valence-corrected chi connectivity index (χ0v) is 21.1. The Morgan fingerprint density at radius 2 is 1.97 bits per heavy atom. The van der Waals surface area contributed by atoms with Crippen LogP contribution in [0.4, 0.5) is 0 Å². The predicted molar refractivity (Wildman–Crippen MR) is 134 cm³/mol. The van der Waals surface area contributed by atoms with Crippen LogP contribution in [-0.4, -0.2) is 50.2 Å². The molecule has 0 spiro atoms. The minimum atomic E-state index is -1.26. The molecule has 2 aliphatic heterocycles. The van der Waals surface area contributed by atoms with Crippen molar-refractivity contribution < 1.29 is 28.7 Å². The third-order valence-electron chi connectivity index (χ3n) is 7.03. The maximum Gasteiger partial charge on any atom is 0.333 e. The van der Waals surface area contributed by atoms with Gasteiger partial charge in [0.1, 0.15) is 5.75 Å². The molecule has 0 aromatic heterocycles. The largest absolute Gasteiger partial charge is 0.479 e. The molecule has 4 rings (SSSR count).